The maximum Gasteiger partial charge on any atom is 0.241 e. The molecule has 0 unspecified atom stereocenters. The molecular formula is C12H16N2O3. The van der Waals surface area contributed by atoms with E-state index in [1.54, 1.807) is 18.2 Å². The van der Waals surface area contributed by atoms with Gasteiger partial charge in [0.15, 0.2) is 11.5 Å². The molecule has 0 aromatic heterocycles. The molecule has 92 valence electrons. The summed E-state index contributed by atoms with van der Waals surface area (Å²) in [4.78, 5) is 11.7. The maximum absolute atomic E-state index is 11.7. The van der Waals surface area contributed by atoms with E-state index in [-0.39, 0.29) is 12.7 Å². The van der Waals surface area contributed by atoms with Crippen molar-refractivity contribution in [3.05, 3.63) is 18.2 Å². The molecule has 1 aromatic carbocycles. The van der Waals surface area contributed by atoms with Crippen molar-refractivity contribution in [2.45, 2.75) is 25.8 Å². The Morgan fingerprint density at radius 2 is 2.24 bits per heavy atom. The predicted molar refractivity (Wildman–Crippen MR) is 64.1 cm³/mol. The number of rotatable bonds is 4. The number of carbonyl (C=O) groups is 1. The molecule has 0 fully saturated rings. The molecule has 3 N–H and O–H groups in total. The van der Waals surface area contributed by atoms with Gasteiger partial charge in [-0.05, 0) is 18.6 Å². The van der Waals surface area contributed by atoms with Crippen LogP contribution in [0.1, 0.15) is 19.8 Å². The first kappa shape index (κ1) is 11.7. The Balaban J connectivity index is 2.01. The lowest BCUT2D eigenvalue weighted by atomic mass is 10.1. The number of benzene rings is 1. The fourth-order valence-electron chi connectivity index (χ4n) is 1.65. The Bertz CT molecular complexity index is 420. The van der Waals surface area contributed by atoms with Gasteiger partial charge >= 0.3 is 0 Å². The van der Waals surface area contributed by atoms with Gasteiger partial charge in [-0.25, -0.2) is 0 Å². The highest BCUT2D eigenvalue weighted by atomic mass is 16.7. The Hall–Kier alpha value is -1.75. The minimum Gasteiger partial charge on any atom is -0.454 e. The van der Waals surface area contributed by atoms with Gasteiger partial charge in [-0.2, -0.15) is 0 Å². The Labute approximate surface area is 99.9 Å². The van der Waals surface area contributed by atoms with Crippen LogP contribution in [0.3, 0.4) is 0 Å². The lowest BCUT2D eigenvalue weighted by Crippen LogP contribution is -2.35. The van der Waals surface area contributed by atoms with Crippen LogP contribution in [0.5, 0.6) is 11.5 Å². The lowest BCUT2D eigenvalue weighted by molar-refractivity contribution is -0.117. The van der Waals surface area contributed by atoms with Gasteiger partial charge in [0.25, 0.3) is 0 Å². The number of nitrogens with one attached hydrogen (secondary N) is 1. The van der Waals surface area contributed by atoms with Crippen LogP contribution in [0.25, 0.3) is 0 Å². The van der Waals surface area contributed by atoms with Crippen LogP contribution in [0.2, 0.25) is 0 Å². The summed E-state index contributed by atoms with van der Waals surface area (Å²) >= 11 is 0. The zero-order valence-corrected chi connectivity index (χ0v) is 9.73. The quantitative estimate of drug-likeness (QED) is 0.830. The number of hydrogen-bond acceptors (Lipinski definition) is 4. The molecule has 1 aliphatic rings. The Morgan fingerprint density at radius 3 is 3.00 bits per heavy atom. The van der Waals surface area contributed by atoms with E-state index in [9.17, 15) is 4.79 Å². The topological polar surface area (TPSA) is 73.6 Å². The summed E-state index contributed by atoms with van der Waals surface area (Å²) < 4.78 is 10.4. The number of nitrogens with two attached hydrogens (primary N) is 1. The third-order valence-electron chi connectivity index (χ3n) is 2.58. The van der Waals surface area contributed by atoms with Gasteiger partial charge in [0.1, 0.15) is 0 Å². The average molecular weight is 236 g/mol. The minimum atomic E-state index is -0.467. The highest BCUT2D eigenvalue weighted by molar-refractivity contribution is 5.94. The van der Waals surface area contributed by atoms with Crippen LogP contribution in [0.4, 0.5) is 5.69 Å². The molecule has 1 atom stereocenters. The number of fused-ring (bicyclic) bond motifs is 1. The van der Waals surface area contributed by atoms with Gasteiger partial charge in [-0.15, -0.1) is 0 Å². The number of carbonyl (C=O) groups excluding carboxylic acids is 1. The fourth-order valence-corrected chi connectivity index (χ4v) is 1.65. The maximum atomic E-state index is 11.7. The SMILES string of the molecule is CCC[C@H](N)C(=O)Nc1ccc2c(c1)OCO2. The number of ether oxygens (including phenoxy) is 2. The first-order valence-electron chi connectivity index (χ1n) is 5.67. The standard InChI is InChI=1S/C12H16N2O3/c1-2-3-9(13)12(15)14-8-4-5-10-11(6-8)17-7-16-10/h4-6,9H,2-3,7,13H2,1H3,(H,14,15)/t9-/m0/s1. The van der Waals surface area contributed by atoms with E-state index in [0.29, 0.717) is 23.6 Å². The zero-order chi connectivity index (χ0) is 12.3. The molecular weight excluding hydrogens is 220 g/mol. The third kappa shape index (κ3) is 2.68. The molecule has 5 nitrogen and oxygen atoms in total. The summed E-state index contributed by atoms with van der Waals surface area (Å²) in [5, 5.41) is 2.76. The van der Waals surface area contributed by atoms with E-state index in [4.69, 9.17) is 15.2 Å². The van der Waals surface area contributed by atoms with Gasteiger partial charge in [0, 0.05) is 11.8 Å². The normalized spacial score (nSPS) is 14.5. The van der Waals surface area contributed by atoms with E-state index >= 15 is 0 Å². The van der Waals surface area contributed by atoms with Gasteiger partial charge in [0.2, 0.25) is 12.7 Å². The molecule has 5 heteroatoms. The second-order valence-electron chi connectivity index (χ2n) is 3.95. The van der Waals surface area contributed by atoms with Crippen molar-refractivity contribution in [3.8, 4) is 11.5 Å². The van der Waals surface area contributed by atoms with Crippen LogP contribution >= 0.6 is 0 Å². The van der Waals surface area contributed by atoms with Crippen LogP contribution in [0.15, 0.2) is 18.2 Å². The molecule has 1 aromatic rings. The molecule has 0 bridgehead atoms. The van der Waals surface area contributed by atoms with Crippen molar-refractivity contribution >= 4 is 11.6 Å². The monoisotopic (exact) mass is 236 g/mol. The van der Waals surface area contributed by atoms with Crippen molar-refractivity contribution in [1.29, 1.82) is 0 Å². The molecule has 2 rings (SSSR count). The van der Waals surface area contributed by atoms with E-state index in [1.807, 2.05) is 6.92 Å². The van der Waals surface area contributed by atoms with Gasteiger partial charge in [-0.3, -0.25) is 4.79 Å². The summed E-state index contributed by atoms with van der Waals surface area (Å²) in [5.74, 6) is 1.17. The van der Waals surface area contributed by atoms with Crippen LogP contribution in [-0.4, -0.2) is 18.7 Å². The van der Waals surface area contributed by atoms with E-state index in [0.717, 1.165) is 6.42 Å². The largest absolute Gasteiger partial charge is 0.454 e. The van der Waals surface area contributed by atoms with Crippen molar-refractivity contribution in [2.24, 2.45) is 5.73 Å². The third-order valence-corrected chi connectivity index (χ3v) is 2.58. The number of amides is 1. The van der Waals surface area contributed by atoms with Crippen molar-refractivity contribution in [1.82, 2.24) is 0 Å². The highest BCUT2D eigenvalue weighted by Crippen LogP contribution is 2.34. The Kier molecular flexibility index (Phi) is 3.49. The smallest absolute Gasteiger partial charge is 0.241 e. The lowest BCUT2D eigenvalue weighted by Gasteiger charge is -2.11. The van der Waals surface area contributed by atoms with E-state index in [1.165, 1.54) is 0 Å². The molecule has 1 amide bonds. The van der Waals surface area contributed by atoms with Crippen molar-refractivity contribution in [2.75, 3.05) is 12.1 Å². The summed E-state index contributed by atoms with van der Waals surface area (Å²) in [5.41, 5.74) is 6.39. The van der Waals surface area contributed by atoms with Gasteiger partial charge in [-0.1, -0.05) is 13.3 Å². The van der Waals surface area contributed by atoms with Crippen LogP contribution in [-0.2, 0) is 4.79 Å². The Morgan fingerprint density at radius 1 is 1.47 bits per heavy atom. The minimum absolute atomic E-state index is 0.175. The van der Waals surface area contributed by atoms with E-state index < -0.39 is 6.04 Å². The summed E-state index contributed by atoms with van der Waals surface area (Å²) in [6.07, 6.45) is 1.56. The summed E-state index contributed by atoms with van der Waals surface area (Å²) in [7, 11) is 0. The summed E-state index contributed by atoms with van der Waals surface area (Å²) in [6, 6.07) is 4.80. The fraction of sp³-hybridized carbons (Fsp3) is 0.417. The molecule has 1 heterocycles. The summed E-state index contributed by atoms with van der Waals surface area (Å²) in [6.45, 7) is 2.22. The first-order valence-corrected chi connectivity index (χ1v) is 5.67. The van der Waals surface area contributed by atoms with E-state index in [2.05, 4.69) is 5.32 Å². The second-order valence-corrected chi connectivity index (χ2v) is 3.95. The molecule has 0 saturated carbocycles. The van der Waals surface area contributed by atoms with Crippen molar-refractivity contribution < 1.29 is 14.3 Å². The van der Waals surface area contributed by atoms with Crippen LogP contribution in [0, 0.1) is 0 Å². The molecule has 0 radical (unpaired) electrons. The number of anilines is 1. The molecule has 0 saturated heterocycles. The van der Waals surface area contributed by atoms with Crippen molar-refractivity contribution in [3.63, 3.8) is 0 Å². The molecule has 0 spiro atoms. The van der Waals surface area contributed by atoms with Crippen LogP contribution < -0.4 is 20.5 Å². The molecule has 1 aliphatic heterocycles. The molecule has 0 aliphatic carbocycles. The zero-order valence-electron chi connectivity index (χ0n) is 9.73. The van der Waals surface area contributed by atoms with Gasteiger partial charge in [0.05, 0.1) is 6.04 Å². The number of hydrogen-bond donors (Lipinski definition) is 2. The first-order chi connectivity index (χ1) is 8.20. The second kappa shape index (κ2) is 5.05. The van der Waals surface area contributed by atoms with Gasteiger partial charge < -0.3 is 20.5 Å². The molecule has 17 heavy (non-hydrogen) atoms. The average Bonchev–Trinajstić information content (AvgIpc) is 2.76. The predicted octanol–water partition coefficient (Wildman–Crippen LogP) is 1.48. The highest BCUT2D eigenvalue weighted by Gasteiger charge is 2.16.